The first-order valence-corrected chi connectivity index (χ1v) is 10.2. The summed E-state index contributed by atoms with van der Waals surface area (Å²) in [6, 6.07) is 7.69. The fourth-order valence-corrected chi connectivity index (χ4v) is 4.49. The number of nitrogens with one attached hydrogen (secondary N) is 1. The van der Waals surface area contributed by atoms with Crippen LogP contribution in [-0.2, 0) is 0 Å². The van der Waals surface area contributed by atoms with Crippen LogP contribution in [0.1, 0.15) is 46.3 Å². The van der Waals surface area contributed by atoms with Crippen LogP contribution in [-0.4, -0.2) is 24.0 Å². The Hall–Kier alpha value is -2.44. The predicted octanol–water partition coefficient (Wildman–Crippen LogP) is 3.99. The van der Waals surface area contributed by atoms with Crippen molar-refractivity contribution in [2.24, 2.45) is 5.73 Å². The first kappa shape index (κ1) is 17.9. The smallest absolute Gasteiger partial charge is 0.261 e. The summed E-state index contributed by atoms with van der Waals surface area (Å²) in [4.78, 5) is 17.3. The number of amides is 1. The van der Waals surface area contributed by atoms with Gasteiger partial charge in [0, 0.05) is 18.0 Å². The Morgan fingerprint density at radius 1 is 1.26 bits per heavy atom. The van der Waals surface area contributed by atoms with Crippen molar-refractivity contribution in [2.45, 2.75) is 31.6 Å². The molecule has 1 aromatic heterocycles. The van der Waals surface area contributed by atoms with Gasteiger partial charge in [-0.25, -0.2) is 4.98 Å². The number of hydrogen-bond acceptors (Lipinski definition) is 5. The fraction of sp³-hybridized carbons (Fsp3) is 0.333. The number of carbonyl (C=O) groups excluding carboxylic acids is 1. The number of primary amides is 1. The predicted molar refractivity (Wildman–Crippen MR) is 108 cm³/mol. The van der Waals surface area contributed by atoms with Crippen LogP contribution in [0.2, 0.25) is 0 Å². The summed E-state index contributed by atoms with van der Waals surface area (Å²) in [5, 5.41) is 4.39. The second-order valence-electron chi connectivity index (χ2n) is 6.85. The maximum atomic E-state index is 12.0. The van der Waals surface area contributed by atoms with Crippen LogP contribution in [0.25, 0.3) is 11.3 Å². The molecular formula is C21H23N3O2S. The van der Waals surface area contributed by atoms with E-state index in [0.29, 0.717) is 16.5 Å². The zero-order valence-corrected chi connectivity index (χ0v) is 15.9. The van der Waals surface area contributed by atoms with Crippen LogP contribution in [0.15, 0.2) is 48.3 Å². The highest BCUT2D eigenvalue weighted by atomic mass is 32.1. The normalized spacial score (nSPS) is 19.6. The summed E-state index contributed by atoms with van der Waals surface area (Å²) >= 11 is 1.43. The number of rotatable bonds is 5. The standard InChI is InChI=1S/C21H23N3O2S/c22-20(25)19-18(24-21(27-19)15-5-4-12-23-13-15)14-8-10-17(11-9-14)26-16-6-2-1-3-7-16/h2,6-11,15,23H,1,3-5,12-13H2,(H2,22,25). The maximum absolute atomic E-state index is 12.0. The molecule has 140 valence electrons. The van der Waals surface area contributed by atoms with Crippen molar-refractivity contribution in [2.75, 3.05) is 13.1 Å². The lowest BCUT2D eigenvalue weighted by Crippen LogP contribution is -2.28. The average Bonchev–Trinajstić information content (AvgIpc) is 3.16. The molecule has 0 saturated carbocycles. The van der Waals surface area contributed by atoms with Gasteiger partial charge in [-0.3, -0.25) is 4.79 Å². The molecule has 27 heavy (non-hydrogen) atoms. The molecule has 1 saturated heterocycles. The molecule has 1 unspecified atom stereocenters. The molecule has 1 fully saturated rings. The van der Waals surface area contributed by atoms with E-state index >= 15 is 0 Å². The first-order chi connectivity index (χ1) is 13.2. The third kappa shape index (κ3) is 4.12. The number of allylic oxidation sites excluding steroid dienone is 3. The highest BCUT2D eigenvalue weighted by molar-refractivity contribution is 7.14. The number of benzene rings is 1. The number of hydrogen-bond donors (Lipinski definition) is 2. The quantitative estimate of drug-likeness (QED) is 0.821. The van der Waals surface area contributed by atoms with Crippen molar-refractivity contribution < 1.29 is 9.53 Å². The summed E-state index contributed by atoms with van der Waals surface area (Å²) in [5.74, 6) is 1.57. The maximum Gasteiger partial charge on any atom is 0.261 e. The lowest BCUT2D eigenvalue weighted by atomic mass is 10.0. The largest absolute Gasteiger partial charge is 0.458 e. The van der Waals surface area contributed by atoms with Gasteiger partial charge in [-0.15, -0.1) is 11.3 Å². The average molecular weight is 382 g/mol. The third-order valence-electron chi connectivity index (χ3n) is 4.84. The van der Waals surface area contributed by atoms with Gasteiger partial charge in [0.15, 0.2) is 0 Å². The Bertz CT molecular complexity index is 877. The summed E-state index contributed by atoms with van der Waals surface area (Å²) < 4.78 is 5.88. The number of carbonyl (C=O) groups is 1. The lowest BCUT2D eigenvalue weighted by molar-refractivity contribution is 0.100. The van der Waals surface area contributed by atoms with E-state index in [1.165, 1.54) is 11.3 Å². The third-order valence-corrected chi connectivity index (χ3v) is 6.07. The van der Waals surface area contributed by atoms with Crippen molar-refractivity contribution in [3.63, 3.8) is 0 Å². The van der Waals surface area contributed by atoms with Gasteiger partial charge >= 0.3 is 0 Å². The molecule has 1 atom stereocenters. The van der Waals surface area contributed by atoms with Crippen molar-refractivity contribution in [1.82, 2.24) is 10.3 Å². The zero-order valence-electron chi connectivity index (χ0n) is 15.1. The second-order valence-corrected chi connectivity index (χ2v) is 7.88. The van der Waals surface area contributed by atoms with Crippen LogP contribution in [0.4, 0.5) is 0 Å². The molecule has 4 rings (SSSR count). The van der Waals surface area contributed by atoms with Crippen LogP contribution < -0.4 is 15.8 Å². The molecule has 2 aromatic rings. The summed E-state index contributed by atoms with van der Waals surface area (Å²) in [6.07, 6.45) is 10.5. The van der Waals surface area contributed by atoms with Crippen LogP contribution >= 0.6 is 11.3 Å². The van der Waals surface area contributed by atoms with Crippen molar-refractivity contribution in [3.8, 4) is 17.0 Å². The molecule has 2 aliphatic rings. The van der Waals surface area contributed by atoms with Gasteiger partial charge in [0.25, 0.3) is 5.91 Å². The Balaban J connectivity index is 1.58. The molecule has 1 aliphatic heterocycles. The Morgan fingerprint density at radius 3 is 2.78 bits per heavy atom. The number of thiazole rings is 1. The number of nitrogens with two attached hydrogens (primary N) is 1. The molecular weight excluding hydrogens is 358 g/mol. The minimum atomic E-state index is -0.421. The van der Waals surface area contributed by atoms with Gasteiger partial charge in [0.1, 0.15) is 16.4 Å². The van der Waals surface area contributed by atoms with E-state index in [9.17, 15) is 4.79 Å². The molecule has 1 aliphatic carbocycles. The van der Waals surface area contributed by atoms with Crippen molar-refractivity contribution in [3.05, 3.63) is 58.1 Å². The minimum absolute atomic E-state index is 0.350. The number of aromatic nitrogens is 1. The molecule has 5 nitrogen and oxygen atoms in total. The number of piperidine rings is 1. The minimum Gasteiger partial charge on any atom is -0.458 e. The summed E-state index contributed by atoms with van der Waals surface area (Å²) in [6.45, 7) is 1.95. The number of ether oxygens (including phenoxy) is 1. The Labute approximate surface area is 163 Å². The topological polar surface area (TPSA) is 77.2 Å². The van der Waals surface area contributed by atoms with E-state index in [1.54, 1.807) is 0 Å². The molecule has 6 heteroatoms. The fourth-order valence-electron chi connectivity index (χ4n) is 3.42. The van der Waals surface area contributed by atoms with E-state index in [-0.39, 0.29) is 0 Å². The van der Waals surface area contributed by atoms with Gasteiger partial charge in [-0.05, 0) is 68.6 Å². The first-order valence-electron chi connectivity index (χ1n) is 9.37. The van der Waals surface area contributed by atoms with E-state index in [0.717, 1.165) is 60.9 Å². The molecule has 0 bridgehead atoms. The monoisotopic (exact) mass is 381 g/mol. The molecule has 0 spiro atoms. The van der Waals surface area contributed by atoms with E-state index in [2.05, 4.69) is 17.5 Å². The second kappa shape index (κ2) is 8.06. The van der Waals surface area contributed by atoms with Gasteiger partial charge in [-0.2, -0.15) is 0 Å². The summed E-state index contributed by atoms with van der Waals surface area (Å²) in [5.41, 5.74) is 7.19. The van der Waals surface area contributed by atoms with E-state index in [4.69, 9.17) is 15.5 Å². The van der Waals surface area contributed by atoms with Gasteiger partial charge < -0.3 is 15.8 Å². The molecule has 1 amide bonds. The highest BCUT2D eigenvalue weighted by Gasteiger charge is 2.24. The van der Waals surface area contributed by atoms with Gasteiger partial charge in [-0.1, -0.05) is 6.08 Å². The van der Waals surface area contributed by atoms with Crippen molar-refractivity contribution in [1.29, 1.82) is 0 Å². The molecule has 2 heterocycles. The Kier molecular flexibility index (Phi) is 5.36. The molecule has 3 N–H and O–H groups in total. The SMILES string of the molecule is NC(=O)c1sc(C2CCCNC2)nc1-c1ccc(OC2=CCCC=C2)cc1. The Morgan fingerprint density at radius 2 is 2.11 bits per heavy atom. The highest BCUT2D eigenvalue weighted by Crippen LogP contribution is 2.34. The molecule has 0 radical (unpaired) electrons. The van der Waals surface area contributed by atoms with E-state index in [1.807, 2.05) is 30.3 Å². The van der Waals surface area contributed by atoms with Crippen LogP contribution in [0, 0.1) is 0 Å². The van der Waals surface area contributed by atoms with E-state index < -0.39 is 5.91 Å². The number of nitrogens with zero attached hydrogens (tertiary/aromatic N) is 1. The van der Waals surface area contributed by atoms with Gasteiger partial charge in [0.05, 0.1) is 10.7 Å². The molecule has 1 aromatic carbocycles. The van der Waals surface area contributed by atoms with Crippen molar-refractivity contribution >= 4 is 17.2 Å². The van der Waals surface area contributed by atoms with Crippen LogP contribution in [0.5, 0.6) is 5.75 Å². The summed E-state index contributed by atoms with van der Waals surface area (Å²) in [7, 11) is 0. The van der Waals surface area contributed by atoms with Gasteiger partial charge in [0.2, 0.25) is 0 Å². The zero-order chi connectivity index (χ0) is 18.6. The lowest BCUT2D eigenvalue weighted by Gasteiger charge is -2.20. The van der Waals surface area contributed by atoms with Crippen LogP contribution in [0.3, 0.4) is 0 Å².